The van der Waals surface area contributed by atoms with Crippen LogP contribution in [0.1, 0.15) is 101 Å². The molecule has 0 N–H and O–H groups in total. The molecule has 0 radical (unpaired) electrons. The van der Waals surface area contributed by atoms with Gasteiger partial charge in [-0.25, -0.2) is 4.79 Å². The van der Waals surface area contributed by atoms with Crippen molar-refractivity contribution >= 4 is 14.3 Å². The van der Waals surface area contributed by atoms with Gasteiger partial charge in [0.1, 0.15) is 5.60 Å². The molecule has 5 heteroatoms. The number of ether oxygens (including phenoxy) is 1. The summed E-state index contributed by atoms with van der Waals surface area (Å²) in [6.07, 6.45) is 8.20. The molecule has 0 spiro atoms. The number of hydrogen-bond donors (Lipinski definition) is 0. The lowest BCUT2D eigenvalue weighted by Gasteiger charge is -2.36. The second-order valence-electron chi connectivity index (χ2n) is 10.9. The minimum absolute atomic E-state index is 0.219. The molecule has 0 amide bonds. The Morgan fingerprint density at radius 1 is 1.10 bits per heavy atom. The molecule has 0 saturated heterocycles. The first-order valence-corrected chi connectivity index (χ1v) is 14.1. The van der Waals surface area contributed by atoms with Gasteiger partial charge >= 0.3 is 5.97 Å². The fourth-order valence-electron chi connectivity index (χ4n) is 3.10. The lowest BCUT2D eigenvalue weighted by atomic mass is 9.98. The first-order valence-electron chi connectivity index (χ1n) is 11.2. The fraction of sp³-hybridized carbons (Fsp3) is 0.750. The Kier molecular flexibility index (Phi) is 7.72. The molecular formula is C24H41NO3Si. The Morgan fingerprint density at radius 2 is 1.76 bits per heavy atom. The molecule has 1 saturated carbocycles. The minimum atomic E-state index is -1.66. The zero-order valence-electron chi connectivity index (χ0n) is 19.9. The molecule has 1 heterocycles. The first-order chi connectivity index (χ1) is 13.3. The first kappa shape index (κ1) is 24.1. The predicted molar refractivity (Wildman–Crippen MR) is 122 cm³/mol. The Bertz CT molecular complexity index is 697. The maximum atomic E-state index is 12.9. The Balaban J connectivity index is 1.94. The van der Waals surface area contributed by atoms with Crippen molar-refractivity contribution in [3.8, 4) is 0 Å². The maximum Gasteiger partial charge on any atom is 0.340 e. The van der Waals surface area contributed by atoms with Gasteiger partial charge in [-0.3, -0.25) is 4.98 Å². The van der Waals surface area contributed by atoms with Gasteiger partial charge in [-0.05, 0) is 82.6 Å². The van der Waals surface area contributed by atoms with Gasteiger partial charge in [0.25, 0.3) is 0 Å². The fourth-order valence-corrected chi connectivity index (χ4v) is 4.19. The number of aryl methyl sites for hydroxylation is 1. The van der Waals surface area contributed by atoms with Crippen LogP contribution in [0.3, 0.4) is 0 Å². The summed E-state index contributed by atoms with van der Waals surface area (Å²) in [5, 5.41) is 0.256. The Hall–Kier alpha value is -1.20. The highest BCUT2D eigenvalue weighted by atomic mass is 28.4. The summed E-state index contributed by atoms with van der Waals surface area (Å²) in [4.78, 5) is 17.4. The molecule has 1 fully saturated rings. The van der Waals surface area contributed by atoms with Crippen LogP contribution in [0, 0.1) is 0 Å². The van der Waals surface area contributed by atoms with Gasteiger partial charge in [0.2, 0.25) is 0 Å². The number of rotatable bonds is 9. The molecule has 0 atom stereocenters. The smallest absolute Gasteiger partial charge is 0.340 e. The Morgan fingerprint density at radius 3 is 2.31 bits per heavy atom. The third-order valence-electron chi connectivity index (χ3n) is 5.99. The van der Waals surface area contributed by atoms with Gasteiger partial charge in [-0.1, -0.05) is 27.2 Å². The number of pyridine rings is 1. The van der Waals surface area contributed by atoms with Crippen molar-refractivity contribution in [3.05, 3.63) is 29.1 Å². The zero-order chi connectivity index (χ0) is 21.9. The van der Waals surface area contributed by atoms with Crippen molar-refractivity contribution in [2.24, 2.45) is 0 Å². The van der Waals surface area contributed by atoms with E-state index in [4.69, 9.17) is 9.16 Å². The zero-order valence-corrected chi connectivity index (χ0v) is 20.9. The third-order valence-corrected chi connectivity index (χ3v) is 10.5. The molecule has 0 bridgehead atoms. The van der Waals surface area contributed by atoms with Crippen LogP contribution in [0.5, 0.6) is 0 Å². The lowest BCUT2D eigenvalue weighted by molar-refractivity contribution is 0.00664. The molecule has 0 unspecified atom stereocenters. The van der Waals surface area contributed by atoms with Crippen LogP contribution in [0.15, 0.2) is 12.3 Å². The molecule has 1 aliphatic rings. The number of esters is 1. The Labute approximate surface area is 178 Å². The predicted octanol–water partition coefficient (Wildman–Crippen LogP) is 6.65. The molecule has 164 valence electrons. The summed E-state index contributed by atoms with van der Waals surface area (Å²) in [6.45, 7) is 18.0. The van der Waals surface area contributed by atoms with Gasteiger partial charge in [-0.15, -0.1) is 0 Å². The van der Waals surface area contributed by atoms with Crippen molar-refractivity contribution in [2.45, 2.75) is 110 Å². The number of aromatic nitrogens is 1. The summed E-state index contributed by atoms with van der Waals surface area (Å²) in [6, 6.07) is 2.00. The van der Waals surface area contributed by atoms with Gasteiger partial charge in [-0.2, -0.15) is 0 Å². The van der Waals surface area contributed by atoms with Crippen LogP contribution in [0.2, 0.25) is 18.1 Å². The van der Waals surface area contributed by atoms with E-state index in [1.807, 2.05) is 33.0 Å². The second kappa shape index (κ2) is 9.30. The van der Waals surface area contributed by atoms with E-state index in [0.717, 1.165) is 62.0 Å². The summed E-state index contributed by atoms with van der Waals surface area (Å²) in [5.41, 5.74) is 2.26. The molecule has 1 aromatic heterocycles. The highest BCUT2D eigenvalue weighted by Crippen LogP contribution is 2.41. The van der Waals surface area contributed by atoms with Crippen LogP contribution < -0.4 is 0 Å². The molecule has 2 rings (SSSR count). The van der Waals surface area contributed by atoms with E-state index in [0.29, 0.717) is 5.92 Å². The van der Waals surface area contributed by atoms with Gasteiger partial charge in [0, 0.05) is 18.7 Å². The summed E-state index contributed by atoms with van der Waals surface area (Å²) in [5.74, 6) is 0.208. The average Bonchev–Trinajstić information content (AvgIpc) is 3.39. The molecular weight excluding hydrogens is 378 g/mol. The summed E-state index contributed by atoms with van der Waals surface area (Å²) < 4.78 is 12.0. The number of carbonyl (C=O) groups excluding carboxylic acids is 1. The SMILES string of the molecule is CC(C)(C)OC(=O)c1c(CCCCCO[Si](C)(C)C(C)(C)C)ccnc1C1CC1. The quantitative estimate of drug-likeness (QED) is 0.255. The van der Waals surface area contributed by atoms with Gasteiger partial charge < -0.3 is 9.16 Å². The topological polar surface area (TPSA) is 48.4 Å². The van der Waals surface area contributed by atoms with Crippen molar-refractivity contribution in [1.29, 1.82) is 0 Å². The van der Waals surface area contributed by atoms with E-state index in [9.17, 15) is 4.79 Å². The summed E-state index contributed by atoms with van der Waals surface area (Å²) >= 11 is 0. The van der Waals surface area contributed by atoms with E-state index < -0.39 is 13.9 Å². The molecule has 0 aromatic carbocycles. The van der Waals surface area contributed by atoms with Crippen molar-refractivity contribution in [3.63, 3.8) is 0 Å². The van der Waals surface area contributed by atoms with E-state index in [2.05, 4.69) is 38.8 Å². The normalized spacial score (nSPS) is 15.4. The van der Waals surface area contributed by atoms with E-state index in [1.165, 1.54) is 0 Å². The van der Waals surface area contributed by atoms with Crippen molar-refractivity contribution in [2.75, 3.05) is 6.61 Å². The van der Waals surface area contributed by atoms with E-state index >= 15 is 0 Å². The maximum absolute atomic E-state index is 12.9. The van der Waals surface area contributed by atoms with Crippen LogP contribution in [0.4, 0.5) is 0 Å². The van der Waals surface area contributed by atoms with Gasteiger partial charge in [0.15, 0.2) is 8.32 Å². The molecule has 4 nitrogen and oxygen atoms in total. The number of carbonyl (C=O) groups is 1. The number of nitrogens with zero attached hydrogens (tertiary/aromatic N) is 1. The molecule has 29 heavy (non-hydrogen) atoms. The third kappa shape index (κ3) is 7.21. The van der Waals surface area contributed by atoms with Crippen LogP contribution >= 0.6 is 0 Å². The second-order valence-corrected chi connectivity index (χ2v) is 15.7. The number of unbranched alkanes of at least 4 members (excludes halogenated alkanes) is 2. The van der Waals surface area contributed by atoms with Crippen LogP contribution in [-0.4, -0.2) is 31.5 Å². The highest BCUT2D eigenvalue weighted by Gasteiger charge is 2.37. The summed E-state index contributed by atoms with van der Waals surface area (Å²) in [7, 11) is -1.66. The molecule has 1 aliphatic carbocycles. The average molecular weight is 420 g/mol. The minimum Gasteiger partial charge on any atom is -0.456 e. The lowest BCUT2D eigenvalue weighted by Crippen LogP contribution is -2.40. The van der Waals surface area contributed by atoms with Crippen LogP contribution in [-0.2, 0) is 15.6 Å². The highest BCUT2D eigenvalue weighted by molar-refractivity contribution is 6.74. The number of hydrogen-bond acceptors (Lipinski definition) is 4. The van der Waals surface area contributed by atoms with Gasteiger partial charge in [0.05, 0.1) is 11.3 Å². The van der Waals surface area contributed by atoms with E-state index in [-0.39, 0.29) is 11.0 Å². The monoisotopic (exact) mass is 419 g/mol. The molecule has 0 aliphatic heterocycles. The largest absolute Gasteiger partial charge is 0.456 e. The van der Waals surface area contributed by atoms with Crippen LogP contribution in [0.25, 0.3) is 0 Å². The van der Waals surface area contributed by atoms with E-state index in [1.54, 1.807) is 0 Å². The van der Waals surface area contributed by atoms with Crippen molar-refractivity contribution in [1.82, 2.24) is 4.98 Å². The molecule has 1 aromatic rings. The van der Waals surface area contributed by atoms with Crippen molar-refractivity contribution < 1.29 is 14.0 Å². The standard InChI is InChI=1S/C24H41NO3Si/c1-23(2,3)28-22(26)20-18(15-16-25-21(20)19-13-14-19)12-10-9-11-17-27-29(7,8)24(4,5)6/h15-16,19H,9-14,17H2,1-8H3.